The average Bonchev–Trinajstić information content (AvgIpc) is 2.93. The minimum Gasteiger partial charge on any atom is -0.444 e. The normalized spacial score (nSPS) is 15.7. The van der Waals surface area contributed by atoms with E-state index in [1.54, 1.807) is 21.1 Å². The number of hydrogen-bond donors (Lipinski definition) is 0. The molecule has 1 amide bonds. The second-order valence-corrected chi connectivity index (χ2v) is 14.8. The molecule has 0 radical (unpaired) electrons. The summed E-state index contributed by atoms with van der Waals surface area (Å²) in [6.07, 6.45) is 9.31. The van der Waals surface area contributed by atoms with E-state index in [4.69, 9.17) is 9.47 Å². The number of carbonyl (C=O) groups is 1. The van der Waals surface area contributed by atoms with Crippen LogP contribution in [0.5, 0.6) is 0 Å². The van der Waals surface area contributed by atoms with Crippen molar-refractivity contribution in [3.05, 3.63) is 40.3 Å². The molecule has 0 spiro atoms. The van der Waals surface area contributed by atoms with Crippen LogP contribution in [0.15, 0.2) is 29.1 Å². The lowest BCUT2D eigenvalue weighted by molar-refractivity contribution is 0.0270. The summed E-state index contributed by atoms with van der Waals surface area (Å²) in [5, 5.41) is 0. The minimum atomic E-state index is -0.619. The van der Waals surface area contributed by atoms with Gasteiger partial charge in [0.15, 0.2) is 0 Å². The van der Waals surface area contributed by atoms with E-state index < -0.39 is 15.6 Å². The fourth-order valence-corrected chi connectivity index (χ4v) is 4.24. The number of aromatic nitrogens is 2. The van der Waals surface area contributed by atoms with Crippen LogP contribution in [0.25, 0.3) is 16.6 Å². The molecule has 7 nitrogen and oxygen atoms in total. The second-order valence-electron chi connectivity index (χ2n) is 10.2. The molecule has 178 valence electrons. The highest BCUT2D eigenvalue weighted by molar-refractivity contribution is 8.32. The third kappa shape index (κ3) is 5.98. The van der Waals surface area contributed by atoms with Crippen LogP contribution >= 0.6 is 10.0 Å². The first kappa shape index (κ1) is 24.5. The summed E-state index contributed by atoms with van der Waals surface area (Å²) in [4.78, 5) is 26.8. The van der Waals surface area contributed by atoms with Crippen LogP contribution < -0.4 is 5.69 Å². The van der Waals surface area contributed by atoms with Crippen molar-refractivity contribution in [2.24, 2.45) is 7.05 Å². The quantitative estimate of drug-likeness (QED) is 0.607. The molecular formula is C24H37N3O4S. The summed E-state index contributed by atoms with van der Waals surface area (Å²) in [6, 6.07) is 6.10. The first-order valence-corrected chi connectivity index (χ1v) is 14.0. The topological polar surface area (TPSA) is 65.7 Å². The van der Waals surface area contributed by atoms with Crippen molar-refractivity contribution < 1.29 is 14.3 Å². The van der Waals surface area contributed by atoms with Crippen molar-refractivity contribution in [1.29, 1.82) is 0 Å². The van der Waals surface area contributed by atoms with E-state index in [-0.39, 0.29) is 18.5 Å². The summed E-state index contributed by atoms with van der Waals surface area (Å²) >= 11 is 0. The predicted octanol–water partition coefficient (Wildman–Crippen LogP) is 4.03. The zero-order valence-corrected chi connectivity index (χ0v) is 21.3. The average molecular weight is 464 g/mol. The summed E-state index contributed by atoms with van der Waals surface area (Å²) in [5.41, 5.74) is 3.43. The zero-order valence-electron chi connectivity index (χ0n) is 20.4. The monoisotopic (exact) mass is 463 g/mol. The molecule has 1 aliphatic rings. The van der Waals surface area contributed by atoms with Gasteiger partial charge in [0, 0.05) is 25.9 Å². The summed E-state index contributed by atoms with van der Waals surface area (Å²) in [7, 11) is 1.18. The maximum Gasteiger partial charge on any atom is 0.410 e. The number of nitrogens with zero attached hydrogens (tertiary/aromatic N) is 3. The Morgan fingerprint density at radius 3 is 2.47 bits per heavy atom. The molecule has 0 fully saturated rings. The van der Waals surface area contributed by atoms with Crippen molar-refractivity contribution in [1.82, 2.24) is 14.0 Å². The fraction of sp³-hybridized carbons (Fsp3) is 0.583. The van der Waals surface area contributed by atoms with Crippen LogP contribution in [-0.4, -0.2) is 69.9 Å². The molecule has 0 saturated carbocycles. The Hall–Kier alpha value is -2.19. The van der Waals surface area contributed by atoms with Crippen molar-refractivity contribution >= 4 is 32.7 Å². The molecule has 0 saturated heterocycles. The Bertz CT molecular complexity index is 1070. The van der Waals surface area contributed by atoms with E-state index in [1.807, 2.05) is 32.9 Å². The largest absolute Gasteiger partial charge is 0.444 e. The Morgan fingerprint density at radius 2 is 1.88 bits per heavy atom. The van der Waals surface area contributed by atoms with Gasteiger partial charge >= 0.3 is 11.8 Å². The van der Waals surface area contributed by atoms with Crippen LogP contribution in [0.3, 0.4) is 0 Å². The first-order valence-electron chi connectivity index (χ1n) is 11.0. The minimum absolute atomic E-state index is 0.0750. The molecule has 32 heavy (non-hydrogen) atoms. The van der Waals surface area contributed by atoms with Crippen LogP contribution in [-0.2, 0) is 23.3 Å². The van der Waals surface area contributed by atoms with E-state index in [0.717, 1.165) is 28.8 Å². The Labute approximate surface area is 192 Å². The molecule has 2 aromatic rings. The standard InChI is InChI=1S/C24H37N3O4S/c1-24(2,3)31-23(29)26-12-10-18(11-13-26)19-8-9-20-21(16-19)25(4)22(28)27(20)17-30-14-15-32(5,6)7/h8-10,16H,11-15,17H2,1-7H3. The highest BCUT2D eigenvalue weighted by Crippen LogP contribution is 2.33. The summed E-state index contributed by atoms with van der Waals surface area (Å²) < 4.78 is 14.7. The van der Waals surface area contributed by atoms with Gasteiger partial charge in [0.1, 0.15) is 12.3 Å². The SMILES string of the molecule is Cn1c(=O)n(COCCS(C)(C)C)c2ccc(C3=CCN(C(=O)OC(C)(C)C)CC3)cc21. The van der Waals surface area contributed by atoms with Crippen LogP contribution in [0.1, 0.15) is 32.8 Å². The lowest BCUT2D eigenvalue weighted by Crippen LogP contribution is -2.39. The number of aryl methyl sites for hydroxylation is 1. The predicted molar refractivity (Wildman–Crippen MR) is 134 cm³/mol. The molecule has 0 unspecified atom stereocenters. The fourth-order valence-electron chi connectivity index (χ4n) is 3.62. The van der Waals surface area contributed by atoms with Crippen LogP contribution in [0, 0.1) is 0 Å². The molecule has 8 heteroatoms. The van der Waals surface area contributed by atoms with Gasteiger partial charge < -0.3 is 14.4 Å². The Balaban J connectivity index is 1.74. The Morgan fingerprint density at radius 1 is 1.16 bits per heavy atom. The number of amides is 1. The van der Waals surface area contributed by atoms with E-state index >= 15 is 0 Å². The van der Waals surface area contributed by atoms with E-state index in [0.29, 0.717) is 19.7 Å². The molecule has 1 aromatic heterocycles. The third-order valence-electron chi connectivity index (χ3n) is 5.44. The van der Waals surface area contributed by atoms with Gasteiger partial charge in [-0.3, -0.25) is 9.13 Å². The van der Waals surface area contributed by atoms with Gasteiger partial charge in [-0.05, 0) is 69.2 Å². The molecule has 1 aromatic carbocycles. The number of imidazole rings is 1. The van der Waals surface area contributed by atoms with Crippen molar-refractivity contribution in [2.75, 3.05) is 44.2 Å². The number of hydrogen-bond acceptors (Lipinski definition) is 4. The summed E-state index contributed by atoms with van der Waals surface area (Å²) in [5.74, 6) is 1.02. The van der Waals surface area contributed by atoms with Crippen molar-refractivity contribution in [2.45, 2.75) is 39.5 Å². The van der Waals surface area contributed by atoms with Gasteiger partial charge in [-0.2, -0.15) is 0 Å². The van der Waals surface area contributed by atoms with Gasteiger partial charge in [0.25, 0.3) is 0 Å². The molecule has 1 aliphatic heterocycles. The molecule has 3 rings (SSSR count). The van der Waals surface area contributed by atoms with Crippen LogP contribution in [0.2, 0.25) is 0 Å². The van der Waals surface area contributed by atoms with Crippen molar-refractivity contribution in [3.8, 4) is 0 Å². The van der Waals surface area contributed by atoms with Gasteiger partial charge in [-0.15, -0.1) is 0 Å². The molecule has 0 aliphatic carbocycles. The van der Waals surface area contributed by atoms with E-state index in [1.165, 1.54) is 5.57 Å². The molecular weight excluding hydrogens is 426 g/mol. The number of carbonyl (C=O) groups excluding carboxylic acids is 1. The smallest absolute Gasteiger partial charge is 0.410 e. The Kier molecular flexibility index (Phi) is 7.15. The highest BCUT2D eigenvalue weighted by atomic mass is 32.3. The first-order chi connectivity index (χ1) is 14.9. The third-order valence-corrected chi connectivity index (χ3v) is 6.83. The van der Waals surface area contributed by atoms with Gasteiger partial charge in [0.2, 0.25) is 0 Å². The van der Waals surface area contributed by atoms with E-state index in [9.17, 15) is 9.59 Å². The lowest BCUT2D eigenvalue weighted by atomic mass is 9.99. The van der Waals surface area contributed by atoms with Gasteiger partial charge in [-0.1, -0.05) is 12.1 Å². The van der Waals surface area contributed by atoms with Crippen LogP contribution in [0.4, 0.5) is 4.79 Å². The molecule has 0 N–H and O–H groups in total. The molecule has 2 heterocycles. The number of rotatable bonds is 6. The maximum atomic E-state index is 12.8. The number of benzene rings is 1. The number of ether oxygens (including phenoxy) is 2. The zero-order chi connectivity index (χ0) is 23.7. The second kappa shape index (κ2) is 9.35. The maximum absolute atomic E-state index is 12.8. The highest BCUT2D eigenvalue weighted by Gasteiger charge is 2.24. The number of fused-ring (bicyclic) bond motifs is 1. The van der Waals surface area contributed by atoms with Gasteiger partial charge in [-0.25, -0.2) is 19.6 Å². The molecule has 0 atom stereocenters. The summed E-state index contributed by atoms with van der Waals surface area (Å²) in [6.45, 7) is 7.67. The molecule has 0 bridgehead atoms. The van der Waals surface area contributed by atoms with Crippen molar-refractivity contribution in [3.63, 3.8) is 0 Å². The lowest BCUT2D eigenvalue weighted by Gasteiger charge is -2.29. The van der Waals surface area contributed by atoms with Gasteiger partial charge in [0.05, 0.1) is 17.6 Å². The van der Waals surface area contributed by atoms with E-state index in [2.05, 4.69) is 30.9 Å².